The monoisotopic (exact) mass is 362 g/mol. The number of hydrogen-bond acceptors (Lipinski definition) is 2. The summed E-state index contributed by atoms with van der Waals surface area (Å²) in [4.78, 5) is 25.7. The van der Waals surface area contributed by atoms with Gasteiger partial charge in [-0.15, -0.1) is 0 Å². The summed E-state index contributed by atoms with van der Waals surface area (Å²) in [6.45, 7) is 5.84. The molecule has 1 N–H and O–H groups in total. The molecule has 0 spiro atoms. The van der Waals surface area contributed by atoms with Crippen LogP contribution in [0.1, 0.15) is 28.4 Å². The van der Waals surface area contributed by atoms with Crippen molar-refractivity contribution in [1.82, 2.24) is 5.32 Å². The minimum atomic E-state index is -0.678. The lowest BCUT2D eigenvalue weighted by Crippen LogP contribution is -2.38. The first kappa shape index (κ1) is 18.9. The number of aryl methyl sites for hydroxylation is 1. The standard InChI is InChI=1S/C19H20ClFN2O2/c1-12-6-4-9-17(13(12)2)23(14(3)24)11-10-22-19(25)18-15(20)7-5-8-16(18)21/h4-9H,10-11H2,1-3H3,(H,22,25). The van der Waals surface area contributed by atoms with E-state index in [4.69, 9.17) is 11.6 Å². The molecule has 0 aromatic heterocycles. The lowest BCUT2D eigenvalue weighted by molar-refractivity contribution is -0.116. The topological polar surface area (TPSA) is 49.4 Å². The highest BCUT2D eigenvalue weighted by atomic mass is 35.5. The van der Waals surface area contributed by atoms with Gasteiger partial charge in [0.2, 0.25) is 5.91 Å². The normalized spacial score (nSPS) is 10.4. The largest absolute Gasteiger partial charge is 0.350 e. The highest BCUT2D eigenvalue weighted by molar-refractivity contribution is 6.33. The van der Waals surface area contributed by atoms with Gasteiger partial charge in [-0.05, 0) is 43.2 Å². The Morgan fingerprint density at radius 1 is 1.16 bits per heavy atom. The molecule has 2 amide bonds. The molecular weight excluding hydrogens is 343 g/mol. The fourth-order valence-electron chi connectivity index (χ4n) is 2.56. The smallest absolute Gasteiger partial charge is 0.255 e. The van der Waals surface area contributed by atoms with Gasteiger partial charge in [0.1, 0.15) is 5.82 Å². The summed E-state index contributed by atoms with van der Waals surface area (Å²) in [5.41, 5.74) is 2.68. The highest BCUT2D eigenvalue weighted by Gasteiger charge is 2.17. The number of carbonyl (C=O) groups is 2. The Balaban J connectivity index is 2.09. The van der Waals surface area contributed by atoms with Crippen LogP contribution < -0.4 is 10.2 Å². The lowest BCUT2D eigenvalue weighted by atomic mass is 10.1. The molecule has 2 rings (SSSR count). The van der Waals surface area contributed by atoms with Crippen LogP contribution in [-0.4, -0.2) is 24.9 Å². The Kier molecular flexibility index (Phi) is 6.15. The maximum atomic E-state index is 13.8. The first-order valence-corrected chi connectivity index (χ1v) is 8.27. The first-order chi connectivity index (χ1) is 11.8. The van der Waals surface area contributed by atoms with Gasteiger partial charge in [-0.3, -0.25) is 9.59 Å². The molecule has 4 nitrogen and oxygen atoms in total. The summed E-state index contributed by atoms with van der Waals surface area (Å²) in [6, 6.07) is 9.78. The SMILES string of the molecule is CC(=O)N(CCNC(=O)c1c(F)cccc1Cl)c1cccc(C)c1C. The predicted octanol–water partition coefficient (Wildman–Crippen LogP) is 3.88. The molecule has 0 bridgehead atoms. The maximum absolute atomic E-state index is 13.8. The fraction of sp³-hybridized carbons (Fsp3) is 0.263. The summed E-state index contributed by atoms with van der Waals surface area (Å²) in [7, 11) is 0. The number of hydrogen-bond donors (Lipinski definition) is 1. The Morgan fingerprint density at radius 2 is 1.84 bits per heavy atom. The number of rotatable bonds is 5. The molecule has 0 aliphatic carbocycles. The van der Waals surface area contributed by atoms with E-state index in [2.05, 4.69) is 5.32 Å². The van der Waals surface area contributed by atoms with Crippen molar-refractivity contribution in [3.05, 3.63) is 63.9 Å². The zero-order valence-corrected chi connectivity index (χ0v) is 15.2. The summed E-state index contributed by atoms with van der Waals surface area (Å²) in [6.07, 6.45) is 0. The van der Waals surface area contributed by atoms with Crippen LogP contribution in [0.5, 0.6) is 0 Å². The van der Waals surface area contributed by atoms with E-state index in [1.807, 2.05) is 32.0 Å². The second-order valence-corrected chi connectivity index (χ2v) is 6.15. The van der Waals surface area contributed by atoms with E-state index in [0.29, 0.717) is 0 Å². The zero-order chi connectivity index (χ0) is 18.6. The van der Waals surface area contributed by atoms with Gasteiger partial charge in [0.05, 0.1) is 10.6 Å². The number of carbonyl (C=O) groups excluding carboxylic acids is 2. The Hall–Kier alpha value is -2.40. The number of nitrogens with zero attached hydrogens (tertiary/aromatic N) is 1. The Morgan fingerprint density at radius 3 is 2.48 bits per heavy atom. The molecule has 0 aliphatic rings. The van der Waals surface area contributed by atoms with Crippen molar-refractivity contribution in [2.45, 2.75) is 20.8 Å². The van der Waals surface area contributed by atoms with E-state index >= 15 is 0 Å². The third kappa shape index (κ3) is 4.37. The third-order valence-electron chi connectivity index (χ3n) is 4.06. The van der Waals surface area contributed by atoms with Gasteiger partial charge in [0.25, 0.3) is 5.91 Å². The molecule has 6 heteroatoms. The van der Waals surface area contributed by atoms with Crippen molar-refractivity contribution in [1.29, 1.82) is 0 Å². The molecule has 25 heavy (non-hydrogen) atoms. The van der Waals surface area contributed by atoms with Crippen LogP contribution >= 0.6 is 11.6 Å². The van der Waals surface area contributed by atoms with E-state index in [0.717, 1.165) is 16.8 Å². The molecule has 2 aromatic rings. The maximum Gasteiger partial charge on any atom is 0.255 e. The zero-order valence-electron chi connectivity index (χ0n) is 14.4. The molecule has 2 aromatic carbocycles. The second-order valence-electron chi connectivity index (χ2n) is 5.74. The number of anilines is 1. The Labute approximate surface area is 151 Å². The van der Waals surface area contributed by atoms with Gasteiger partial charge < -0.3 is 10.2 Å². The quantitative estimate of drug-likeness (QED) is 0.877. The molecule has 0 radical (unpaired) electrons. The molecular formula is C19H20ClFN2O2. The number of nitrogens with one attached hydrogen (secondary N) is 1. The lowest BCUT2D eigenvalue weighted by Gasteiger charge is -2.24. The van der Waals surface area contributed by atoms with Gasteiger partial charge in [-0.25, -0.2) is 4.39 Å². The van der Waals surface area contributed by atoms with E-state index in [1.54, 1.807) is 4.90 Å². The average molecular weight is 363 g/mol. The summed E-state index contributed by atoms with van der Waals surface area (Å²) in [5.74, 6) is -1.41. The minimum absolute atomic E-state index is 0.0513. The fourth-order valence-corrected chi connectivity index (χ4v) is 2.81. The summed E-state index contributed by atoms with van der Waals surface area (Å²) < 4.78 is 13.8. The van der Waals surface area contributed by atoms with Crippen LogP contribution in [-0.2, 0) is 4.79 Å². The van der Waals surface area contributed by atoms with Crippen molar-refractivity contribution in [3.8, 4) is 0 Å². The van der Waals surface area contributed by atoms with E-state index < -0.39 is 11.7 Å². The van der Waals surface area contributed by atoms with Gasteiger partial charge in [0.15, 0.2) is 0 Å². The van der Waals surface area contributed by atoms with Crippen molar-refractivity contribution < 1.29 is 14.0 Å². The third-order valence-corrected chi connectivity index (χ3v) is 4.37. The first-order valence-electron chi connectivity index (χ1n) is 7.89. The number of halogens is 2. The molecule has 0 unspecified atom stereocenters. The van der Waals surface area contributed by atoms with Crippen molar-refractivity contribution in [3.63, 3.8) is 0 Å². The average Bonchev–Trinajstić information content (AvgIpc) is 2.54. The van der Waals surface area contributed by atoms with Crippen LogP contribution in [0.2, 0.25) is 5.02 Å². The van der Waals surface area contributed by atoms with Crippen LogP contribution in [0.15, 0.2) is 36.4 Å². The molecule has 0 heterocycles. The van der Waals surface area contributed by atoms with E-state index in [-0.39, 0.29) is 29.6 Å². The van der Waals surface area contributed by atoms with Gasteiger partial charge in [0, 0.05) is 25.7 Å². The van der Waals surface area contributed by atoms with E-state index in [1.165, 1.54) is 25.1 Å². The summed E-state index contributed by atoms with van der Waals surface area (Å²) in [5, 5.41) is 2.66. The van der Waals surface area contributed by atoms with Crippen LogP contribution in [0.4, 0.5) is 10.1 Å². The van der Waals surface area contributed by atoms with Crippen LogP contribution in [0, 0.1) is 19.7 Å². The van der Waals surface area contributed by atoms with Crippen molar-refractivity contribution in [2.75, 3.05) is 18.0 Å². The van der Waals surface area contributed by atoms with Crippen LogP contribution in [0.25, 0.3) is 0 Å². The number of amides is 2. The molecule has 0 aliphatic heterocycles. The molecule has 0 saturated heterocycles. The van der Waals surface area contributed by atoms with Gasteiger partial charge in [-0.1, -0.05) is 29.8 Å². The van der Waals surface area contributed by atoms with Crippen molar-refractivity contribution >= 4 is 29.1 Å². The highest BCUT2D eigenvalue weighted by Crippen LogP contribution is 2.23. The van der Waals surface area contributed by atoms with Gasteiger partial charge in [-0.2, -0.15) is 0 Å². The number of benzene rings is 2. The minimum Gasteiger partial charge on any atom is -0.350 e. The van der Waals surface area contributed by atoms with Crippen molar-refractivity contribution in [2.24, 2.45) is 0 Å². The molecule has 0 atom stereocenters. The van der Waals surface area contributed by atoms with Gasteiger partial charge >= 0.3 is 0 Å². The predicted molar refractivity (Wildman–Crippen MR) is 97.7 cm³/mol. The Bertz CT molecular complexity index is 788. The molecule has 0 fully saturated rings. The van der Waals surface area contributed by atoms with Crippen LogP contribution in [0.3, 0.4) is 0 Å². The summed E-state index contributed by atoms with van der Waals surface area (Å²) >= 11 is 5.89. The molecule has 0 saturated carbocycles. The molecule has 132 valence electrons. The van der Waals surface area contributed by atoms with E-state index in [9.17, 15) is 14.0 Å². The second kappa shape index (κ2) is 8.12.